The molecule has 2 nitrogen and oxygen atoms in total. The molecule has 0 radical (unpaired) electrons. The van der Waals surface area contributed by atoms with Crippen molar-refractivity contribution in [3.05, 3.63) is 29.3 Å². The van der Waals surface area contributed by atoms with Gasteiger partial charge in [-0.05, 0) is 30.0 Å². The van der Waals surface area contributed by atoms with E-state index >= 15 is 0 Å². The molecule has 1 aliphatic rings. The number of carbonyl (C=O) groups excluding carboxylic acids is 1. The maximum absolute atomic E-state index is 12.4. The maximum atomic E-state index is 12.4. The van der Waals surface area contributed by atoms with E-state index in [0.717, 1.165) is 5.56 Å². The molecule has 1 atom stereocenters. The molecule has 0 saturated carbocycles. The van der Waals surface area contributed by atoms with Gasteiger partial charge in [0.15, 0.2) is 0 Å². The first-order valence-electron chi connectivity index (χ1n) is 5.98. The van der Waals surface area contributed by atoms with Crippen LogP contribution < -0.4 is 5.32 Å². The fourth-order valence-corrected chi connectivity index (χ4v) is 2.76. The Morgan fingerprint density at radius 1 is 1.32 bits per heavy atom. The standard InChI is InChI=1S/C13H13BrF3NO/c14-10(7-13(15,16)17)8-4-5-11-9(6-8)2-1-3-12(19)18-11/h4-6,10H,1-3,7H2,(H,18,19). The number of hydrogen-bond donors (Lipinski definition) is 1. The van der Waals surface area contributed by atoms with Gasteiger partial charge in [0.1, 0.15) is 0 Å². The van der Waals surface area contributed by atoms with Gasteiger partial charge in [0.05, 0.1) is 6.42 Å². The predicted molar refractivity (Wildman–Crippen MR) is 70.3 cm³/mol. The van der Waals surface area contributed by atoms with E-state index < -0.39 is 17.4 Å². The van der Waals surface area contributed by atoms with Crippen molar-refractivity contribution >= 4 is 27.5 Å². The minimum absolute atomic E-state index is 0.0443. The predicted octanol–water partition coefficient (Wildman–Crippen LogP) is 4.35. The van der Waals surface area contributed by atoms with Crippen molar-refractivity contribution in [2.24, 2.45) is 0 Å². The van der Waals surface area contributed by atoms with Gasteiger partial charge in [0, 0.05) is 16.9 Å². The molecule has 19 heavy (non-hydrogen) atoms. The lowest BCUT2D eigenvalue weighted by molar-refractivity contribution is -0.134. The Balaban J connectivity index is 2.21. The summed E-state index contributed by atoms with van der Waals surface area (Å²) in [5, 5.41) is 2.76. The van der Waals surface area contributed by atoms with Crippen molar-refractivity contribution in [2.75, 3.05) is 5.32 Å². The zero-order valence-electron chi connectivity index (χ0n) is 10.1. The highest BCUT2D eigenvalue weighted by Crippen LogP contribution is 2.37. The second kappa shape index (κ2) is 5.53. The molecule has 0 aromatic heterocycles. The zero-order valence-corrected chi connectivity index (χ0v) is 11.6. The number of aryl methyl sites for hydroxylation is 1. The van der Waals surface area contributed by atoms with E-state index in [1.165, 1.54) is 0 Å². The van der Waals surface area contributed by atoms with Crippen molar-refractivity contribution in [3.63, 3.8) is 0 Å². The quantitative estimate of drug-likeness (QED) is 0.800. The molecule has 0 bridgehead atoms. The topological polar surface area (TPSA) is 29.1 Å². The smallest absolute Gasteiger partial charge is 0.326 e. The molecule has 0 aliphatic carbocycles. The first-order chi connectivity index (χ1) is 8.85. The molecule has 0 saturated heterocycles. The Hall–Kier alpha value is -1.04. The van der Waals surface area contributed by atoms with E-state index in [4.69, 9.17) is 0 Å². The highest BCUT2D eigenvalue weighted by atomic mass is 79.9. The number of nitrogens with one attached hydrogen (secondary N) is 1. The van der Waals surface area contributed by atoms with Crippen LogP contribution >= 0.6 is 15.9 Å². The van der Waals surface area contributed by atoms with Gasteiger partial charge in [0.25, 0.3) is 0 Å². The zero-order chi connectivity index (χ0) is 14.0. The maximum Gasteiger partial charge on any atom is 0.390 e. The Kier molecular flexibility index (Phi) is 4.18. The Morgan fingerprint density at radius 2 is 2.05 bits per heavy atom. The number of benzene rings is 1. The molecule has 104 valence electrons. The third kappa shape index (κ3) is 3.96. The summed E-state index contributed by atoms with van der Waals surface area (Å²) in [6, 6.07) is 5.04. The van der Waals surface area contributed by atoms with Crippen LogP contribution in [0.25, 0.3) is 0 Å². The molecular weight excluding hydrogens is 323 g/mol. The molecule has 1 unspecified atom stereocenters. The molecule has 1 amide bonds. The van der Waals surface area contributed by atoms with Crippen molar-refractivity contribution in [3.8, 4) is 0 Å². The third-order valence-electron chi connectivity index (χ3n) is 3.03. The van der Waals surface area contributed by atoms with Crippen LogP contribution in [0, 0.1) is 0 Å². The monoisotopic (exact) mass is 335 g/mol. The molecule has 1 N–H and O–H groups in total. The van der Waals surface area contributed by atoms with Crippen molar-refractivity contribution in [1.82, 2.24) is 0 Å². The summed E-state index contributed by atoms with van der Waals surface area (Å²) in [7, 11) is 0. The van der Waals surface area contributed by atoms with Crippen LogP contribution in [0.4, 0.5) is 18.9 Å². The van der Waals surface area contributed by atoms with Crippen LogP contribution in [0.5, 0.6) is 0 Å². The Morgan fingerprint density at radius 3 is 2.74 bits per heavy atom. The number of anilines is 1. The fraction of sp³-hybridized carbons (Fsp3) is 0.462. The normalized spacial score (nSPS) is 17.4. The van der Waals surface area contributed by atoms with Crippen molar-refractivity contribution < 1.29 is 18.0 Å². The van der Waals surface area contributed by atoms with Gasteiger partial charge >= 0.3 is 6.18 Å². The van der Waals surface area contributed by atoms with Gasteiger partial charge in [-0.25, -0.2) is 0 Å². The summed E-state index contributed by atoms with van der Waals surface area (Å²) in [5.41, 5.74) is 2.19. The van der Waals surface area contributed by atoms with Crippen molar-refractivity contribution in [1.29, 1.82) is 0 Å². The lowest BCUT2D eigenvalue weighted by Crippen LogP contribution is -2.11. The third-order valence-corrected chi connectivity index (χ3v) is 3.88. The number of halogens is 4. The average Bonchev–Trinajstić information content (AvgIpc) is 2.46. The number of carbonyl (C=O) groups is 1. The van der Waals surface area contributed by atoms with E-state index in [2.05, 4.69) is 21.2 Å². The molecule has 1 heterocycles. The average molecular weight is 336 g/mol. The number of hydrogen-bond acceptors (Lipinski definition) is 1. The van der Waals surface area contributed by atoms with Gasteiger partial charge in [-0.15, -0.1) is 0 Å². The number of amides is 1. The number of rotatable bonds is 2. The Bertz CT molecular complexity index is 487. The lowest BCUT2D eigenvalue weighted by atomic mass is 10.0. The lowest BCUT2D eigenvalue weighted by Gasteiger charge is -2.15. The van der Waals surface area contributed by atoms with Gasteiger partial charge < -0.3 is 5.32 Å². The molecule has 2 rings (SSSR count). The van der Waals surface area contributed by atoms with Crippen LogP contribution in [0.2, 0.25) is 0 Å². The van der Waals surface area contributed by atoms with Gasteiger partial charge in [-0.1, -0.05) is 28.1 Å². The highest BCUT2D eigenvalue weighted by molar-refractivity contribution is 9.09. The van der Waals surface area contributed by atoms with E-state index in [0.29, 0.717) is 30.5 Å². The summed E-state index contributed by atoms with van der Waals surface area (Å²) in [6.45, 7) is 0. The van der Waals surface area contributed by atoms with E-state index in [9.17, 15) is 18.0 Å². The Labute approximate surface area is 117 Å². The summed E-state index contributed by atoms with van der Waals surface area (Å²) < 4.78 is 37.1. The summed E-state index contributed by atoms with van der Waals surface area (Å²) >= 11 is 3.07. The van der Waals surface area contributed by atoms with Crippen LogP contribution in [0.15, 0.2) is 18.2 Å². The van der Waals surface area contributed by atoms with E-state index in [1.807, 2.05) is 0 Å². The van der Waals surface area contributed by atoms with Gasteiger partial charge in [-0.2, -0.15) is 13.2 Å². The molecule has 1 aromatic carbocycles. The SMILES string of the molecule is O=C1CCCc2cc(C(Br)CC(F)(F)F)ccc2N1. The van der Waals surface area contributed by atoms with Crippen molar-refractivity contribution in [2.45, 2.75) is 36.7 Å². The largest absolute Gasteiger partial charge is 0.390 e. The summed E-state index contributed by atoms with van der Waals surface area (Å²) in [6.07, 6.45) is -3.24. The number of fused-ring (bicyclic) bond motifs is 1. The molecule has 1 aromatic rings. The molecule has 0 fully saturated rings. The van der Waals surface area contributed by atoms with Crippen LogP contribution in [-0.4, -0.2) is 12.1 Å². The van der Waals surface area contributed by atoms with Crippen LogP contribution in [0.3, 0.4) is 0 Å². The minimum atomic E-state index is -4.20. The van der Waals surface area contributed by atoms with Crippen LogP contribution in [0.1, 0.15) is 35.2 Å². The van der Waals surface area contributed by atoms with Gasteiger partial charge in [0.2, 0.25) is 5.91 Å². The van der Waals surface area contributed by atoms with Crippen LogP contribution in [-0.2, 0) is 11.2 Å². The molecular formula is C13H13BrF3NO. The second-order valence-electron chi connectivity index (χ2n) is 4.61. The van der Waals surface area contributed by atoms with E-state index in [-0.39, 0.29) is 5.91 Å². The molecule has 1 aliphatic heterocycles. The second-order valence-corrected chi connectivity index (χ2v) is 5.71. The highest BCUT2D eigenvalue weighted by Gasteiger charge is 2.31. The van der Waals surface area contributed by atoms with E-state index in [1.54, 1.807) is 18.2 Å². The fourth-order valence-electron chi connectivity index (χ4n) is 2.11. The molecule has 0 spiro atoms. The first kappa shape index (κ1) is 14.4. The minimum Gasteiger partial charge on any atom is -0.326 e. The summed E-state index contributed by atoms with van der Waals surface area (Å²) in [4.78, 5) is 10.6. The van der Waals surface area contributed by atoms with Gasteiger partial charge in [-0.3, -0.25) is 4.79 Å². The summed E-state index contributed by atoms with van der Waals surface area (Å²) in [5.74, 6) is -0.0443. The first-order valence-corrected chi connectivity index (χ1v) is 6.90. The molecule has 6 heteroatoms. The number of alkyl halides is 4.